The SMILES string of the molecule is Cc1cc2c(C)nccc2cc1P. The van der Waals surface area contributed by atoms with E-state index in [2.05, 4.69) is 39.3 Å². The Balaban J connectivity index is 2.89. The van der Waals surface area contributed by atoms with Crippen molar-refractivity contribution in [1.82, 2.24) is 4.98 Å². The minimum absolute atomic E-state index is 1.10. The molecule has 1 aromatic heterocycles. The van der Waals surface area contributed by atoms with Gasteiger partial charge in [-0.1, -0.05) is 0 Å². The van der Waals surface area contributed by atoms with Gasteiger partial charge in [0.05, 0.1) is 0 Å². The molecule has 0 spiro atoms. The molecule has 0 saturated carbocycles. The van der Waals surface area contributed by atoms with Gasteiger partial charge in [-0.25, -0.2) is 0 Å². The number of fused-ring (bicyclic) bond motifs is 1. The minimum atomic E-state index is 1.10. The summed E-state index contributed by atoms with van der Waals surface area (Å²) in [6.45, 7) is 4.17. The van der Waals surface area contributed by atoms with Gasteiger partial charge in [0.15, 0.2) is 0 Å². The highest BCUT2D eigenvalue weighted by atomic mass is 31.0. The van der Waals surface area contributed by atoms with Gasteiger partial charge in [-0.05, 0) is 48.3 Å². The Bertz CT molecular complexity index is 463. The van der Waals surface area contributed by atoms with E-state index in [1.807, 2.05) is 13.1 Å². The van der Waals surface area contributed by atoms with E-state index in [9.17, 15) is 0 Å². The molecule has 0 radical (unpaired) electrons. The lowest BCUT2D eigenvalue weighted by Gasteiger charge is -2.04. The first-order chi connectivity index (χ1) is 6.18. The molecular formula is C11H12NP. The Labute approximate surface area is 80.4 Å². The van der Waals surface area contributed by atoms with E-state index in [0.717, 1.165) is 5.69 Å². The molecule has 0 aliphatic carbocycles. The predicted octanol–water partition coefficient (Wildman–Crippen LogP) is 2.35. The summed E-state index contributed by atoms with van der Waals surface area (Å²) in [7, 11) is 2.76. The number of nitrogens with zero attached hydrogens (tertiary/aromatic N) is 1. The quantitative estimate of drug-likeness (QED) is 0.580. The molecule has 0 aliphatic heterocycles. The molecule has 1 atom stereocenters. The lowest BCUT2D eigenvalue weighted by atomic mass is 10.1. The summed E-state index contributed by atoms with van der Waals surface area (Å²) in [4.78, 5) is 4.27. The fraction of sp³-hybridized carbons (Fsp3) is 0.182. The highest BCUT2D eigenvalue weighted by Gasteiger charge is 2.00. The van der Waals surface area contributed by atoms with Crippen LogP contribution in [-0.4, -0.2) is 4.98 Å². The van der Waals surface area contributed by atoms with E-state index in [0.29, 0.717) is 0 Å². The molecule has 1 nitrogen and oxygen atoms in total. The molecule has 0 aliphatic rings. The fourth-order valence-corrected chi connectivity index (χ4v) is 1.76. The van der Waals surface area contributed by atoms with E-state index in [1.54, 1.807) is 0 Å². The highest BCUT2D eigenvalue weighted by molar-refractivity contribution is 7.27. The van der Waals surface area contributed by atoms with Gasteiger partial charge in [0.2, 0.25) is 0 Å². The monoisotopic (exact) mass is 189 g/mol. The molecule has 0 N–H and O–H groups in total. The number of aromatic nitrogens is 1. The Morgan fingerprint density at radius 3 is 2.77 bits per heavy atom. The Morgan fingerprint density at radius 2 is 2.00 bits per heavy atom. The first-order valence-electron chi connectivity index (χ1n) is 4.30. The van der Waals surface area contributed by atoms with Gasteiger partial charge in [-0.2, -0.15) is 0 Å². The second kappa shape index (κ2) is 3.08. The van der Waals surface area contributed by atoms with Crippen molar-refractivity contribution >= 4 is 25.3 Å². The molecule has 1 heterocycles. The number of benzene rings is 1. The van der Waals surface area contributed by atoms with Crippen LogP contribution in [0.4, 0.5) is 0 Å². The van der Waals surface area contributed by atoms with Gasteiger partial charge in [0.25, 0.3) is 0 Å². The summed E-state index contributed by atoms with van der Waals surface area (Å²) < 4.78 is 0. The minimum Gasteiger partial charge on any atom is -0.261 e. The molecule has 13 heavy (non-hydrogen) atoms. The van der Waals surface area contributed by atoms with Crippen LogP contribution in [-0.2, 0) is 0 Å². The van der Waals surface area contributed by atoms with Crippen molar-refractivity contribution in [2.75, 3.05) is 0 Å². The van der Waals surface area contributed by atoms with Gasteiger partial charge in [0, 0.05) is 17.3 Å². The first-order valence-corrected chi connectivity index (χ1v) is 4.87. The van der Waals surface area contributed by atoms with Crippen molar-refractivity contribution in [3.63, 3.8) is 0 Å². The third-order valence-electron chi connectivity index (χ3n) is 2.35. The summed E-state index contributed by atoms with van der Waals surface area (Å²) in [5, 5.41) is 3.78. The molecule has 2 rings (SSSR count). The number of rotatable bonds is 0. The number of hydrogen-bond donors (Lipinski definition) is 0. The number of aryl methyl sites for hydroxylation is 2. The van der Waals surface area contributed by atoms with Crippen LogP contribution in [0.5, 0.6) is 0 Å². The second-order valence-electron chi connectivity index (χ2n) is 3.33. The van der Waals surface area contributed by atoms with Crippen LogP contribution < -0.4 is 5.30 Å². The zero-order chi connectivity index (χ0) is 9.42. The lowest BCUT2D eigenvalue weighted by molar-refractivity contribution is 1.23. The summed E-state index contributed by atoms with van der Waals surface area (Å²) >= 11 is 0. The van der Waals surface area contributed by atoms with Crippen molar-refractivity contribution in [2.45, 2.75) is 13.8 Å². The normalized spacial score (nSPS) is 10.7. The Kier molecular flexibility index (Phi) is 2.05. The van der Waals surface area contributed by atoms with Gasteiger partial charge in [-0.3, -0.25) is 4.98 Å². The van der Waals surface area contributed by atoms with E-state index in [1.165, 1.54) is 21.6 Å². The summed E-state index contributed by atoms with van der Waals surface area (Å²) in [6.07, 6.45) is 1.86. The zero-order valence-corrected chi connectivity index (χ0v) is 8.99. The molecular weight excluding hydrogens is 177 g/mol. The standard InChI is InChI=1S/C11H12NP/c1-7-5-10-8(2)12-4-3-9(10)6-11(7)13/h3-6H,13H2,1-2H3. The topological polar surface area (TPSA) is 12.9 Å². The molecule has 1 aromatic carbocycles. The zero-order valence-electron chi connectivity index (χ0n) is 7.83. The Hall–Kier alpha value is -0.940. The van der Waals surface area contributed by atoms with Gasteiger partial charge in [0.1, 0.15) is 0 Å². The average Bonchev–Trinajstić information content (AvgIpc) is 2.09. The van der Waals surface area contributed by atoms with Gasteiger partial charge < -0.3 is 0 Å². The van der Waals surface area contributed by atoms with Crippen molar-refractivity contribution in [1.29, 1.82) is 0 Å². The van der Waals surface area contributed by atoms with Crippen LogP contribution in [0, 0.1) is 13.8 Å². The molecule has 0 saturated heterocycles. The third-order valence-corrected chi connectivity index (χ3v) is 2.97. The Morgan fingerprint density at radius 1 is 1.23 bits per heavy atom. The van der Waals surface area contributed by atoms with Gasteiger partial charge >= 0.3 is 0 Å². The molecule has 2 aromatic rings. The van der Waals surface area contributed by atoms with Crippen LogP contribution in [0.15, 0.2) is 24.4 Å². The van der Waals surface area contributed by atoms with Crippen molar-refractivity contribution in [3.05, 3.63) is 35.7 Å². The van der Waals surface area contributed by atoms with Gasteiger partial charge in [-0.15, -0.1) is 9.24 Å². The maximum absolute atomic E-state index is 4.27. The smallest absolute Gasteiger partial charge is 0.0451 e. The summed E-state index contributed by atoms with van der Waals surface area (Å²) in [5.74, 6) is 0. The molecule has 66 valence electrons. The second-order valence-corrected chi connectivity index (χ2v) is 3.95. The predicted molar refractivity (Wildman–Crippen MR) is 60.6 cm³/mol. The van der Waals surface area contributed by atoms with Crippen LogP contribution in [0.25, 0.3) is 10.8 Å². The van der Waals surface area contributed by atoms with Crippen LogP contribution in [0.2, 0.25) is 0 Å². The molecule has 0 amide bonds. The van der Waals surface area contributed by atoms with Crippen molar-refractivity contribution < 1.29 is 0 Å². The number of hydrogen-bond acceptors (Lipinski definition) is 1. The van der Waals surface area contributed by atoms with E-state index in [4.69, 9.17) is 0 Å². The molecule has 1 unspecified atom stereocenters. The lowest BCUT2D eigenvalue weighted by Crippen LogP contribution is -1.97. The van der Waals surface area contributed by atoms with Crippen LogP contribution in [0.1, 0.15) is 11.3 Å². The maximum Gasteiger partial charge on any atom is 0.0451 e. The van der Waals surface area contributed by atoms with E-state index >= 15 is 0 Å². The summed E-state index contributed by atoms with van der Waals surface area (Å²) in [6, 6.07) is 6.43. The van der Waals surface area contributed by atoms with Crippen LogP contribution in [0.3, 0.4) is 0 Å². The highest BCUT2D eigenvalue weighted by Crippen LogP contribution is 2.17. The van der Waals surface area contributed by atoms with Crippen molar-refractivity contribution in [3.8, 4) is 0 Å². The average molecular weight is 189 g/mol. The molecule has 0 fully saturated rings. The summed E-state index contributed by atoms with van der Waals surface area (Å²) in [5.41, 5.74) is 2.40. The largest absolute Gasteiger partial charge is 0.261 e. The third kappa shape index (κ3) is 1.45. The number of pyridine rings is 1. The van der Waals surface area contributed by atoms with E-state index in [-0.39, 0.29) is 0 Å². The van der Waals surface area contributed by atoms with Crippen LogP contribution >= 0.6 is 9.24 Å². The first kappa shape index (κ1) is 8.65. The fourth-order valence-electron chi connectivity index (χ4n) is 1.49. The van der Waals surface area contributed by atoms with E-state index < -0.39 is 0 Å². The molecule has 0 bridgehead atoms. The van der Waals surface area contributed by atoms with Crippen molar-refractivity contribution in [2.24, 2.45) is 0 Å². The maximum atomic E-state index is 4.27. The molecule has 2 heteroatoms.